The third-order valence-corrected chi connectivity index (χ3v) is 4.13. The largest absolute Gasteiger partial charge is 0.489 e. The topological polar surface area (TPSA) is 38.3 Å². The lowest BCUT2D eigenvalue weighted by Gasteiger charge is -2.09. The van der Waals surface area contributed by atoms with Gasteiger partial charge in [-0.3, -0.25) is 4.79 Å². The van der Waals surface area contributed by atoms with Gasteiger partial charge in [0.15, 0.2) is 0 Å². The summed E-state index contributed by atoms with van der Waals surface area (Å²) in [4.78, 5) is 12.3. The normalized spacial score (nSPS) is 10.3. The third kappa shape index (κ3) is 4.48. The fourth-order valence-electron chi connectivity index (χ4n) is 2.46. The van der Waals surface area contributed by atoms with E-state index >= 15 is 0 Å². The monoisotopic (exact) mass is 331 g/mol. The minimum Gasteiger partial charge on any atom is -0.489 e. The second-order valence-corrected chi connectivity index (χ2v) is 6.05. The van der Waals surface area contributed by atoms with Gasteiger partial charge in [-0.1, -0.05) is 36.4 Å². The zero-order chi connectivity index (χ0) is 17.6. The Balaban J connectivity index is 1.60. The van der Waals surface area contributed by atoms with Crippen molar-refractivity contribution in [3.8, 4) is 5.75 Å². The molecule has 0 unspecified atom stereocenters. The maximum Gasteiger partial charge on any atom is 0.255 e. The standard InChI is InChI=1S/C22H21NO2/c1-16-8-9-19(14-17(16)2)22(24)23-20-10-12-21(13-11-20)25-15-18-6-4-3-5-7-18/h3-14H,15H2,1-2H3,(H,23,24). The number of carbonyl (C=O) groups excluding carboxylic acids is 1. The first kappa shape index (κ1) is 16.8. The van der Waals surface area contributed by atoms with Crippen LogP contribution in [-0.2, 0) is 6.61 Å². The van der Waals surface area contributed by atoms with Crippen LogP contribution < -0.4 is 10.1 Å². The van der Waals surface area contributed by atoms with Crippen LogP contribution in [0.25, 0.3) is 0 Å². The number of carbonyl (C=O) groups is 1. The van der Waals surface area contributed by atoms with Gasteiger partial charge in [-0.25, -0.2) is 0 Å². The number of amides is 1. The van der Waals surface area contributed by atoms with E-state index in [-0.39, 0.29) is 5.91 Å². The fourth-order valence-corrected chi connectivity index (χ4v) is 2.46. The van der Waals surface area contributed by atoms with Crippen molar-refractivity contribution in [2.45, 2.75) is 20.5 Å². The van der Waals surface area contributed by atoms with Crippen LogP contribution in [-0.4, -0.2) is 5.91 Å². The molecule has 3 heteroatoms. The first-order valence-corrected chi connectivity index (χ1v) is 8.27. The van der Waals surface area contributed by atoms with Crippen LogP contribution in [0.4, 0.5) is 5.69 Å². The summed E-state index contributed by atoms with van der Waals surface area (Å²) in [5, 5.41) is 2.91. The number of anilines is 1. The Morgan fingerprint density at radius 3 is 2.28 bits per heavy atom. The zero-order valence-electron chi connectivity index (χ0n) is 14.5. The Kier molecular flexibility index (Phi) is 5.14. The average Bonchev–Trinajstić information content (AvgIpc) is 2.64. The molecular weight excluding hydrogens is 310 g/mol. The maximum atomic E-state index is 12.3. The molecule has 25 heavy (non-hydrogen) atoms. The molecule has 0 aliphatic carbocycles. The SMILES string of the molecule is Cc1ccc(C(=O)Nc2ccc(OCc3ccccc3)cc2)cc1C. The third-order valence-electron chi connectivity index (χ3n) is 4.13. The van der Waals surface area contributed by atoms with Gasteiger partial charge in [-0.05, 0) is 66.9 Å². The summed E-state index contributed by atoms with van der Waals surface area (Å²) >= 11 is 0. The van der Waals surface area contributed by atoms with Crippen molar-refractivity contribution >= 4 is 11.6 Å². The summed E-state index contributed by atoms with van der Waals surface area (Å²) in [7, 11) is 0. The predicted molar refractivity (Wildman–Crippen MR) is 101 cm³/mol. The molecule has 0 aliphatic heterocycles. The molecule has 0 spiro atoms. The molecule has 0 atom stereocenters. The molecule has 0 heterocycles. The summed E-state index contributed by atoms with van der Waals surface area (Å²) in [5.41, 5.74) is 4.81. The molecule has 0 saturated carbocycles. The van der Waals surface area contributed by atoms with Crippen LogP contribution in [0, 0.1) is 13.8 Å². The van der Waals surface area contributed by atoms with Gasteiger partial charge in [0, 0.05) is 11.3 Å². The highest BCUT2D eigenvalue weighted by Crippen LogP contribution is 2.18. The van der Waals surface area contributed by atoms with E-state index in [4.69, 9.17) is 4.74 Å². The van der Waals surface area contributed by atoms with E-state index in [1.54, 1.807) is 0 Å². The Labute approximate surface area is 148 Å². The van der Waals surface area contributed by atoms with Crippen molar-refractivity contribution in [3.05, 3.63) is 95.1 Å². The van der Waals surface area contributed by atoms with Gasteiger partial charge < -0.3 is 10.1 Å². The Bertz CT molecular complexity index is 855. The van der Waals surface area contributed by atoms with Crippen molar-refractivity contribution < 1.29 is 9.53 Å². The fraction of sp³-hybridized carbons (Fsp3) is 0.136. The van der Waals surface area contributed by atoms with E-state index in [0.29, 0.717) is 12.2 Å². The van der Waals surface area contributed by atoms with Crippen LogP contribution in [0.2, 0.25) is 0 Å². The molecule has 0 aromatic heterocycles. The van der Waals surface area contributed by atoms with Crippen molar-refractivity contribution in [2.75, 3.05) is 5.32 Å². The maximum absolute atomic E-state index is 12.3. The summed E-state index contributed by atoms with van der Waals surface area (Å²) in [6.45, 7) is 4.56. The highest BCUT2D eigenvalue weighted by Gasteiger charge is 2.07. The average molecular weight is 331 g/mol. The van der Waals surface area contributed by atoms with Crippen molar-refractivity contribution in [1.29, 1.82) is 0 Å². The molecular formula is C22H21NO2. The van der Waals surface area contributed by atoms with Gasteiger partial charge in [0.25, 0.3) is 5.91 Å². The number of hydrogen-bond acceptors (Lipinski definition) is 2. The van der Waals surface area contributed by atoms with Crippen LogP contribution in [0.3, 0.4) is 0 Å². The highest BCUT2D eigenvalue weighted by atomic mass is 16.5. The van der Waals surface area contributed by atoms with Gasteiger partial charge in [0.05, 0.1) is 0 Å². The lowest BCUT2D eigenvalue weighted by atomic mass is 10.1. The minimum atomic E-state index is -0.110. The molecule has 0 aliphatic rings. The molecule has 3 nitrogen and oxygen atoms in total. The Morgan fingerprint density at radius 1 is 0.880 bits per heavy atom. The van der Waals surface area contributed by atoms with Gasteiger partial charge in [-0.2, -0.15) is 0 Å². The molecule has 0 fully saturated rings. The van der Waals surface area contributed by atoms with Crippen LogP contribution in [0.1, 0.15) is 27.0 Å². The molecule has 1 amide bonds. The summed E-state index contributed by atoms with van der Waals surface area (Å²) < 4.78 is 5.75. The quantitative estimate of drug-likeness (QED) is 0.703. The minimum absolute atomic E-state index is 0.110. The lowest BCUT2D eigenvalue weighted by molar-refractivity contribution is 0.102. The van der Waals surface area contributed by atoms with Crippen molar-refractivity contribution in [3.63, 3.8) is 0 Å². The molecule has 3 rings (SSSR count). The first-order valence-electron chi connectivity index (χ1n) is 8.27. The predicted octanol–water partition coefficient (Wildman–Crippen LogP) is 5.13. The van der Waals surface area contributed by atoms with Gasteiger partial charge in [-0.15, -0.1) is 0 Å². The van der Waals surface area contributed by atoms with Gasteiger partial charge in [0.2, 0.25) is 0 Å². The first-order chi connectivity index (χ1) is 12.1. The van der Waals surface area contributed by atoms with E-state index in [0.717, 1.165) is 22.6 Å². The highest BCUT2D eigenvalue weighted by molar-refractivity contribution is 6.04. The molecule has 0 saturated heterocycles. The second kappa shape index (κ2) is 7.67. The number of aryl methyl sites for hydroxylation is 2. The Morgan fingerprint density at radius 2 is 1.60 bits per heavy atom. The molecule has 0 bridgehead atoms. The molecule has 3 aromatic carbocycles. The molecule has 1 N–H and O–H groups in total. The van der Waals surface area contributed by atoms with Crippen LogP contribution in [0.5, 0.6) is 5.75 Å². The van der Waals surface area contributed by atoms with Gasteiger partial charge in [0.1, 0.15) is 12.4 Å². The molecule has 126 valence electrons. The van der Waals surface area contributed by atoms with Crippen LogP contribution in [0.15, 0.2) is 72.8 Å². The lowest BCUT2D eigenvalue weighted by Crippen LogP contribution is -2.12. The summed E-state index contributed by atoms with van der Waals surface area (Å²) in [6.07, 6.45) is 0. The van der Waals surface area contributed by atoms with Crippen molar-refractivity contribution in [1.82, 2.24) is 0 Å². The number of rotatable bonds is 5. The molecule has 0 radical (unpaired) electrons. The van der Waals surface area contributed by atoms with E-state index in [9.17, 15) is 4.79 Å². The van der Waals surface area contributed by atoms with Crippen molar-refractivity contribution in [2.24, 2.45) is 0 Å². The van der Waals surface area contributed by atoms with Gasteiger partial charge >= 0.3 is 0 Å². The van der Waals surface area contributed by atoms with E-state index in [2.05, 4.69) is 5.32 Å². The van der Waals surface area contributed by atoms with Crippen LogP contribution >= 0.6 is 0 Å². The number of benzene rings is 3. The summed E-state index contributed by atoms with van der Waals surface area (Å²) in [6, 6.07) is 23.1. The number of nitrogens with one attached hydrogen (secondary N) is 1. The number of ether oxygens (including phenoxy) is 1. The van der Waals surface area contributed by atoms with E-state index in [1.807, 2.05) is 86.6 Å². The second-order valence-electron chi connectivity index (χ2n) is 6.05. The van der Waals surface area contributed by atoms with E-state index < -0.39 is 0 Å². The Hall–Kier alpha value is -3.07. The van der Waals surface area contributed by atoms with E-state index in [1.165, 1.54) is 5.56 Å². The molecule has 3 aromatic rings. The summed E-state index contributed by atoms with van der Waals surface area (Å²) in [5.74, 6) is 0.661. The smallest absolute Gasteiger partial charge is 0.255 e. The zero-order valence-corrected chi connectivity index (χ0v) is 14.5. The number of hydrogen-bond donors (Lipinski definition) is 1.